The number of hydrogen-bond donors (Lipinski definition) is 1. The summed E-state index contributed by atoms with van der Waals surface area (Å²) in [6.07, 6.45) is 8.51. The van der Waals surface area contributed by atoms with Crippen LogP contribution in [0.5, 0.6) is 0 Å². The second-order valence-electron chi connectivity index (χ2n) is 10.9. The van der Waals surface area contributed by atoms with Crippen LogP contribution >= 0.6 is 11.8 Å². The molecule has 4 aliphatic heterocycles. The zero-order valence-electron chi connectivity index (χ0n) is 22.0. The van der Waals surface area contributed by atoms with Gasteiger partial charge in [-0.2, -0.15) is 0 Å². The highest BCUT2D eigenvalue weighted by Crippen LogP contribution is 2.65. The lowest BCUT2D eigenvalue weighted by molar-refractivity contribution is -0.143. The topological polar surface area (TPSA) is 81.2 Å². The van der Waals surface area contributed by atoms with E-state index in [2.05, 4.69) is 6.08 Å². The van der Waals surface area contributed by atoms with E-state index in [1.165, 1.54) is 0 Å². The highest BCUT2D eigenvalue weighted by atomic mass is 32.2. The second kappa shape index (κ2) is 9.99. The quantitative estimate of drug-likeness (QED) is 0.566. The smallest absolute Gasteiger partial charge is 0.247 e. The Morgan fingerprint density at radius 3 is 2.28 bits per heavy atom. The van der Waals surface area contributed by atoms with Crippen molar-refractivity contribution in [2.75, 3.05) is 31.1 Å². The molecule has 0 aromatic heterocycles. The molecule has 0 radical (unpaired) electrons. The monoisotopic (exact) mass is 543 g/mol. The molecule has 0 saturated carbocycles. The minimum absolute atomic E-state index is 0.0797. The van der Waals surface area contributed by atoms with Crippen molar-refractivity contribution >= 4 is 35.2 Å². The maximum Gasteiger partial charge on any atom is 0.247 e. The van der Waals surface area contributed by atoms with Crippen LogP contribution in [0.3, 0.4) is 0 Å². The zero-order chi connectivity index (χ0) is 27.2. The lowest BCUT2D eigenvalue weighted by Gasteiger charge is -2.36. The van der Waals surface area contributed by atoms with Crippen LogP contribution in [0.2, 0.25) is 0 Å². The summed E-state index contributed by atoms with van der Waals surface area (Å²) in [5.74, 6) is -1.69. The van der Waals surface area contributed by atoms with Gasteiger partial charge in [-0.05, 0) is 31.0 Å². The van der Waals surface area contributed by atoms with Gasteiger partial charge in [0, 0.05) is 43.2 Å². The molecule has 202 valence electrons. The molecule has 2 aromatic carbocycles. The molecule has 1 N–H and O–H groups in total. The van der Waals surface area contributed by atoms with Crippen molar-refractivity contribution < 1.29 is 19.5 Å². The SMILES string of the molecule is C[C@]12C=CCN(c3ccccc3)C(=O)[C@H]1[C@H]1C(=O)N(CCCO)C3C(=O)N(Cc4ccccc4)CC=C[C@@]31S2. The number of rotatable bonds is 6. The number of benzene rings is 2. The molecule has 2 aromatic rings. The summed E-state index contributed by atoms with van der Waals surface area (Å²) in [5, 5.41) is 9.62. The number of carbonyl (C=O) groups excluding carboxylic acids is 3. The van der Waals surface area contributed by atoms with Gasteiger partial charge in [-0.25, -0.2) is 0 Å². The summed E-state index contributed by atoms with van der Waals surface area (Å²) >= 11 is 1.59. The van der Waals surface area contributed by atoms with Gasteiger partial charge >= 0.3 is 0 Å². The highest BCUT2D eigenvalue weighted by molar-refractivity contribution is 8.02. The molecule has 7 nitrogen and oxygen atoms in total. The lowest BCUT2D eigenvalue weighted by Crippen LogP contribution is -2.53. The molecule has 39 heavy (non-hydrogen) atoms. The van der Waals surface area contributed by atoms with Gasteiger partial charge in [0.2, 0.25) is 17.7 Å². The van der Waals surface area contributed by atoms with Crippen LogP contribution in [0.1, 0.15) is 18.9 Å². The molecule has 2 fully saturated rings. The first-order chi connectivity index (χ1) is 18.9. The van der Waals surface area contributed by atoms with E-state index < -0.39 is 27.4 Å². The summed E-state index contributed by atoms with van der Waals surface area (Å²) in [5.41, 5.74) is 1.81. The standard InChI is InChI=1S/C31H33N3O4S/c1-30-15-8-18-33(23-13-6-3-7-14-23)27(36)24(30)25-28(37)34(19-10-20-35)26-29(38)32(17-9-16-31(25,26)39-30)21-22-11-4-2-5-12-22/h2-9,11-16,24-26,35H,10,17-21H2,1H3/t24-,25+,26?,30+,31+/m1/s1. The van der Waals surface area contributed by atoms with Gasteiger partial charge in [0.25, 0.3) is 0 Å². The van der Waals surface area contributed by atoms with Crippen LogP contribution in [0.15, 0.2) is 85.0 Å². The first-order valence-electron chi connectivity index (χ1n) is 13.6. The average molecular weight is 544 g/mol. The molecule has 0 bridgehead atoms. The summed E-state index contributed by atoms with van der Waals surface area (Å²) in [7, 11) is 0. The maximum atomic E-state index is 14.3. The predicted octanol–water partition coefficient (Wildman–Crippen LogP) is 3.26. The van der Waals surface area contributed by atoms with Crippen molar-refractivity contribution in [3.63, 3.8) is 0 Å². The first-order valence-corrected chi connectivity index (χ1v) is 14.4. The molecule has 5 atom stereocenters. The largest absolute Gasteiger partial charge is 0.396 e. The molecule has 6 rings (SSSR count). The van der Waals surface area contributed by atoms with E-state index >= 15 is 0 Å². The van der Waals surface area contributed by atoms with Crippen LogP contribution in [0.4, 0.5) is 5.69 Å². The van der Waals surface area contributed by atoms with E-state index in [0.717, 1.165) is 11.3 Å². The average Bonchev–Trinajstić information content (AvgIpc) is 3.21. The number of para-hydroxylation sites is 1. The third-order valence-electron chi connectivity index (χ3n) is 8.48. The van der Waals surface area contributed by atoms with Crippen molar-refractivity contribution in [3.05, 3.63) is 90.5 Å². The van der Waals surface area contributed by atoms with Crippen molar-refractivity contribution in [1.82, 2.24) is 9.80 Å². The Morgan fingerprint density at radius 1 is 0.872 bits per heavy atom. The third kappa shape index (κ3) is 4.12. The summed E-state index contributed by atoms with van der Waals surface area (Å²) in [6, 6.07) is 18.7. The van der Waals surface area contributed by atoms with Gasteiger partial charge < -0.3 is 19.8 Å². The lowest BCUT2D eigenvalue weighted by atomic mass is 9.74. The van der Waals surface area contributed by atoms with Crippen molar-refractivity contribution in [2.24, 2.45) is 11.8 Å². The Morgan fingerprint density at radius 2 is 1.56 bits per heavy atom. The molecule has 2 saturated heterocycles. The third-order valence-corrected chi connectivity index (χ3v) is 10.3. The molecular formula is C31H33N3O4S. The van der Waals surface area contributed by atoms with Gasteiger partial charge in [-0.3, -0.25) is 14.4 Å². The van der Waals surface area contributed by atoms with E-state index in [-0.39, 0.29) is 30.9 Å². The Bertz CT molecular complexity index is 1330. The molecule has 4 heterocycles. The van der Waals surface area contributed by atoms with Gasteiger partial charge in [0.05, 0.1) is 16.6 Å². The van der Waals surface area contributed by atoms with E-state index in [9.17, 15) is 19.5 Å². The van der Waals surface area contributed by atoms with Crippen molar-refractivity contribution in [3.8, 4) is 0 Å². The second-order valence-corrected chi connectivity index (χ2v) is 12.7. The van der Waals surface area contributed by atoms with E-state index in [1.54, 1.807) is 26.5 Å². The number of amides is 3. The number of hydrogen-bond acceptors (Lipinski definition) is 5. The van der Waals surface area contributed by atoms with Crippen molar-refractivity contribution in [2.45, 2.75) is 35.4 Å². The number of nitrogens with zero attached hydrogens (tertiary/aromatic N) is 3. The Kier molecular flexibility index (Phi) is 6.63. The number of anilines is 1. The Balaban J connectivity index is 1.43. The number of likely N-dealkylation sites (tertiary alicyclic amines) is 1. The van der Waals surface area contributed by atoms with E-state index in [0.29, 0.717) is 26.1 Å². The molecule has 1 spiro atoms. The first kappa shape index (κ1) is 25.9. The minimum atomic E-state index is -0.881. The number of thioether (sulfide) groups is 1. The minimum Gasteiger partial charge on any atom is -0.396 e. The number of aliphatic hydroxyl groups is 1. The molecule has 3 amide bonds. The summed E-state index contributed by atoms with van der Waals surface area (Å²) in [6.45, 7) is 3.53. The Labute approximate surface area is 233 Å². The van der Waals surface area contributed by atoms with Gasteiger partial charge in [-0.1, -0.05) is 72.8 Å². The number of fused-ring (bicyclic) bond motifs is 2. The van der Waals surface area contributed by atoms with Crippen LogP contribution in [0, 0.1) is 11.8 Å². The Hall–Kier alpha value is -3.36. The predicted molar refractivity (Wildman–Crippen MR) is 152 cm³/mol. The van der Waals surface area contributed by atoms with Crippen LogP contribution in [0.25, 0.3) is 0 Å². The molecule has 0 aliphatic carbocycles. The highest BCUT2D eigenvalue weighted by Gasteiger charge is 2.73. The molecule has 1 unspecified atom stereocenters. The van der Waals surface area contributed by atoms with Gasteiger partial charge in [0.15, 0.2) is 0 Å². The summed E-state index contributed by atoms with van der Waals surface area (Å²) in [4.78, 5) is 48.2. The molecule has 4 aliphatic rings. The fourth-order valence-electron chi connectivity index (χ4n) is 6.84. The zero-order valence-corrected chi connectivity index (χ0v) is 22.8. The van der Waals surface area contributed by atoms with Crippen LogP contribution in [-0.2, 0) is 20.9 Å². The molecular weight excluding hydrogens is 510 g/mol. The molecule has 8 heteroatoms. The van der Waals surface area contributed by atoms with Gasteiger partial charge in [0.1, 0.15) is 6.04 Å². The van der Waals surface area contributed by atoms with Gasteiger partial charge in [-0.15, -0.1) is 11.8 Å². The normalized spacial score (nSPS) is 31.7. The van der Waals surface area contributed by atoms with Crippen LogP contribution in [-0.4, -0.2) is 74.4 Å². The fourth-order valence-corrected chi connectivity index (χ4v) is 8.99. The number of aliphatic hydroxyl groups excluding tert-OH is 1. The summed E-state index contributed by atoms with van der Waals surface area (Å²) < 4.78 is -1.53. The van der Waals surface area contributed by atoms with E-state index in [4.69, 9.17) is 0 Å². The fraction of sp³-hybridized carbons (Fsp3) is 0.387. The number of carbonyl (C=O) groups is 3. The van der Waals surface area contributed by atoms with Crippen LogP contribution < -0.4 is 4.90 Å². The maximum absolute atomic E-state index is 14.3. The van der Waals surface area contributed by atoms with E-state index in [1.807, 2.05) is 85.8 Å². The van der Waals surface area contributed by atoms with Crippen molar-refractivity contribution in [1.29, 1.82) is 0 Å².